The highest BCUT2D eigenvalue weighted by atomic mass is 32.2. The number of aliphatic hydroxyl groups excluding tert-OH is 1. The number of hydrogen-bond donors (Lipinski definition) is 3. The van der Waals surface area contributed by atoms with Crippen molar-refractivity contribution >= 4 is 28.8 Å². The highest BCUT2D eigenvalue weighted by Gasteiger charge is 2.19. The molecule has 3 N–H and O–H groups in total. The van der Waals surface area contributed by atoms with Crippen molar-refractivity contribution in [2.24, 2.45) is 0 Å². The van der Waals surface area contributed by atoms with Crippen molar-refractivity contribution in [3.8, 4) is 0 Å². The van der Waals surface area contributed by atoms with Crippen LogP contribution in [0.2, 0.25) is 0 Å². The monoisotopic (exact) mass is 322 g/mol. The number of thioether (sulfide) groups is 1. The zero-order valence-corrected chi connectivity index (χ0v) is 13.8. The summed E-state index contributed by atoms with van der Waals surface area (Å²) < 4.78 is 5.74. The zero-order chi connectivity index (χ0) is 16.1. The first-order valence-corrected chi connectivity index (χ1v) is 8.53. The second-order valence-corrected chi connectivity index (χ2v) is 6.35. The molecule has 6 heteroatoms. The molecule has 120 valence electrons. The van der Waals surface area contributed by atoms with E-state index >= 15 is 0 Å². The molecule has 1 aromatic carbocycles. The Kier molecular flexibility index (Phi) is 5.74. The van der Waals surface area contributed by atoms with E-state index in [0.29, 0.717) is 5.76 Å². The Balaban J connectivity index is 1.96. The van der Waals surface area contributed by atoms with Crippen LogP contribution in [0.25, 0.3) is 11.0 Å². The molecule has 1 heterocycles. The molecule has 1 aromatic heterocycles. The van der Waals surface area contributed by atoms with Crippen molar-refractivity contribution in [3.05, 3.63) is 36.1 Å². The lowest BCUT2D eigenvalue weighted by molar-refractivity contribution is 0.228. The van der Waals surface area contributed by atoms with Crippen LogP contribution in [0.5, 0.6) is 0 Å². The van der Waals surface area contributed by atoms with Crippen molar-refractivity contribution in [1.29, 1.82) is 0 Å². The molecule has 3 unspecified atom stereocenters. The van der Waals surface area contributed by atoms with Gasteiger partial charge in [0.1, 0.15) is 11.3 Å². The zero-order valence-electron chi connectivity index (χ0n) is 13.0. The van der Waals surface area contributed by atoms with Crippen LogP contribution in [0.15, 0.2) is 34.7 Å². The van der Waals surface area contributed by atoms with Gasteiger partial charge in [0.15, 0.2) is 0 Å². The van der Waals surface area contributed by atoms with Gasteiger partial charge >= 0.3 is 6.03 Å². The summed E-state index contributed by atoms with van der Waals surface area (Å²) in [6.07, 6.45) is 1.91. The maximum Gasteiger partial charge on any atom is 0.315 e. The molecular weight excluding hydrogens is 300 g/mol. The predicted molar refractivity (Wildman–Crippen MR) is 90.1 cm³/mol. The third-order valence-electron chi connectivity index (χ3n) is 3.62. The van der Waals surface area contributed by atoms with E-state index in [1.54, 1.807) is 0 Å². The molecule has 5 nitrogen and oxygen atoms in total. The number of rotatable bonds is 6. The second kappa shape index (κ2) is 7.56. The Hall–Kier alpha value is -1.66. The van der Waals surface area contributed by atoms with Crippen molar-refractivity contribution in [3.63, 3.8) is 0 Å². The fourth-order valence-electron chi connectivity index (χ4n) is 2.26. The number of carbonyl (C=O) groups is 1. The van der Waals surface area contributed by atoms with E-state index in [1.807, 2.05) is 50.4 Å². The van der Waals surface area contributed by atoms with Crippen LogP contribution in [0.3, 0.4) is 0 Å². The quantitative estimate of drug-likeness (QED) is 0.764. The highest BCUT2D eigenvalue weighted by molar-refractivity contribution is 7.99. The van der Waals surface area contributed by atoms with Crippen LogP contribution in [-0.4, -0.2) is 35.3 Å². The number of amides is 2. The molecule has 2 rings (SSSR count). The predicted octanol–water partition coefficient (Wildman–Crippen LogP) is 2.91. The summed E-state index contributed by atoms with van der Waals surface area (Å²) in [6.45, 7) is 3.78. The number of benzene rings is 1. The summed E-state index contributed by atoms with van der Waals surface area (Å²) in [4.78, 5) is 12.0. The molecule has 3 atom stereocenters. The first-order valence-electron chi connectivity index (χ1n) is 7.24. The van der Waals surface area contributed by atoms with Gasteiger partial charge in [-0.15, -0.1) is 0 Å². The summed E-state index contributed by atoms with van der Waals surface area (Å²) in [5, 5.41) is 15.9. The van der Waals surface area contributed by atoms with E-state index in [9.17, 15) is 9.90 Å². The number of aliphatic hydroxyl groups is 1. The largest absolute Gasteiger partial charge is 0.459 e. The molecular formula is C16H22N2O3S. The first kappa shape index (κ1) is 16.7. The molecule has 0 aliphatic heterocycles. The average molecular weight is 322 g/mol. The number of furan rings is 1. The SMILES string of the molecule is CSC(CO)C(C)NC(=O)NC(C)c1cc2ccccc2o1. The maximum absolute atomic E-state index is 12.0. The molecule has 0 radical (unpaired) electrons. The third kappa shape index (κ3) is 3.96. The topological polar surface area (TPSA) is 74.5 Å². The number of hydrogen-bond acceptors (Lipinski definition) is 4. The Labute approximate surface area is 134 Å². The molecule has 0 saturated heterocycles. The van der Waals surface area contributed by atoms with Crippen molar-refractivity contribution < 1.29 is 14.3 Å². The normalized spacial score (nSPS) is 15.3. The molecule has 0 bridgehead atoms. The molecule has 0 fully saturated rings. The fourth-order valence-corrected chi connectivity index (χ4v) is 2.89. The summed E-state index contributed by atoms with van der Waals surface area (Å²) >= 11 is 1.53. The van der Waals surface area contributed by atoms with Gasteiger partial charge in [-0.05, 0) is 32.2 Å². The molecule has 0 saturated carbocycles. The minimum absolute atomic E-state index is 0.0211. The van der Waals surface area contributed by atoms with E-state index < -0.39 is 0 Å². The number of urea groups is 1. The number of fused-ring (bicyclic) bond motifs is 1. The summed E-state index contributed by atoms with van der Waals surface area (Å²) in [7, 11) is 0. The van der Waals surface area contributed by atoms with Crippen LogP contribution < -0.4 is 10.6 Å². The van der Waals surface area contributed by atoms with Crippen LogP contribution in [-0.2, 0) is 0 Å². The number of carbonyl (C=O) groups excluding carboxylic acids is 1. The first-order chi connectivity index (χ1) is 10.5. The van der Waals surface area contributed by atoms with Gasteiger partial charge in [-0.25, -0.2) is 4.79 Å². The number of nitrogens with one attached hydrogen (secondary N) is 2. The molecule has 0 aliphatic carbocycles. The van der Waals surface area contributed by atoms with E-state index in [4.69, 9.17) is 4.42 Å². The smallest absolute Gasteiger partial charge is 0.315 e. The summed E-state index contributed by atoms with van der Waals surface area (Å²) in [5.74, 6) is 0.715. The Bertz CT molecular complexity index is 592. The van der Waals surface area contributed by atoms with Crippen molar-refractivity contribution in [1.82, 2.24) is 10.6 Å². The lowest BCUT2D eigenvalue weighted by Crippen LogP contribution is -2.46. The van der Waals surface area contributed by atoms with Gasteiger partial charge in [0.05, 0.1) is 12.6 Å². The summed E-state index contributed by atoms with van der Waals surface area (Å²) in [6, 6.07) is 9.05. The van der Waals surface area contributed by atoms with Crippen LogP contribution in [0, 0.1) is 0 Å². The maximum atomic E-state index is 12.0. The van der Waals surface area contributed by atoms with E-state index in [2.05, 4.69) is 10.6 Å². The number of para-hydroxylation sites is 1. The van der Waals surface area contributed by atoms with Gasteiger partial charge in [0.25, 0.3) is 0 Å². The minimum Gasteiger partial charge on any atom is -0.459 e. The van der Waals surface area contributed by atoms with Gasteiger partial charge < -0.3 is 20.2 Å². The third-order valence-corrected chi connectivity index (χ3v) is 4.78. The second-order valence-electron chi connectivity index (χ2n) is 5.27. The van der Waals surface area contributed by atoms with Gasteiger partial charge in [0, 0.05) is 16.7 Å². The molecule has 0 spiro atoms. The van der Waals surface area contributed by atoms with Gasteiger partial charge in [-0.2, -0.15) is 11.8 Å². The minimum atomic E-state index is -0.270. The lowest BCUT2D eigenvalue weighted by atomic mass is 10.2. The molecule has 2 amide bonds. The molecule has 2 aromatic rings. The Morgan fingerprint density at radius 1 is 1.32 bits per heavy atom. The average Bonchev–Trinajstić information content (AvgIpc) is 2.92. The highest BCUT2D eigenvalue weighted by Crippen LogP contribution is 2.23. The van der Waals surface area contributed by atoms with Crippen LogP contribution >= 0.6 is 11.8 Å². The Morgan fingerprint density at radius 2 is 2.05 bits per heavy atom. The van der Waals surface area contributed by atoms with E-state index in [1.165, 1.54) is 11.8 Å². The Morgan fingerprint density at radius 3 is 2.68 bits per heavy atom. The van der Waals surface area contributed by atoms with Crippen molar-refractivity contribution in [2.75, 3.05) is 12.9 Å². The van der Waals surface area contributed by atoms with E-state index in [-0.39, 0.29) is 30.0 Å². The molecule has 0 aliphatic rings. The molecule has 22 heavy (non-hydrogen) atoms. The van der Waals surface area contributed by atoms with Crippen molar-refractivity contribution in [2.45, 2.75) is 31.2 Å². The van der Waals surface area contributed by atoms with E-state index in [0.717, 1.165) is 11.0 Å². The van der Waals surface area contributed by atoms with Crippen LogP contribution in [0.1, 0.15) is 25.6 Å². The van der Waals surface area contributed by atoms with Gasteiger partial charge in [0.2, 0.25) is 0 Å². The van der Waals surface area contributed by atoms with Crippen LogP contribution in [0.4, 0.5) is 4.79 Å². The van der Waals surface area contributed by atoms with Gasteiger partial charge in [-0.1, -0.05) is 18.2 Å². The fraction of sp³-hybridized carbons (Fsp3) is 0.438. The lowest BCUT2D eigenvalue weighted by Gasteiger charge is -2.22. The van der Waals surface area contributed by atoms with Gasteiger partial charge in [-0.3, -0.25) is 0 Å². The standard InChI is InChI=1S/C16H22N2O3S/c1-10(14-8-12-6-4-5-7-13(12)21-14)17-16(20)18-11(2)15(9-19)22-3/h4-8,10-11,15,19H,9H2,1-3H3,(H2,17,18,20). The summed E-state index contributed by atoms with van der Waals surface area (Å²) in [5.41, 5.74) is 0.808.